The number of amides is 1. The molecule has 5 heteroatoms. The topological polar surface area (TPSA) is 32.3 Å². The number of hydrogen-bond donors (Lipinski definition) is 1. The normalized spacial score (nSPS) is 10.7. The minimum Gasteiger partial charge on any atom is -0.355 e. The van der Waals surface area contributed by atoms with Gasteiger partial charge in [0.15, 0.2) is 0 Å². The number of halogens is 1. The maximum absolute atomic E-state index is 11.5. The van der Waals surface area contributed by atoms with E-state index in [1.807, 2.05) is 43.3 Å². The van der Waals surface area contributed by atoms with Crippen LogP contribution in [-0.2, 0) is 4.79 Å². The lowest BCUT2D eigenvalue weighted by Gasteiger charge is -2.10. The van der Waals surface area contributed by atoms with Crippen molar-refractivity contribution in [2.24, 2.45) is 0 Å². The molecule has 0 bridgehead atoms. The van der Waals surface area contributed by atoms with Crippen LogP contribution in [0.15, 0.2) is 29.2 Å². The summed E-state index contributed by atoms with van der Waals surface area (Å²) in [6.07, 6.45) is 0.542. The van der Waals surface area contributed by atoms with E-state index in [1.54, 1.807) is 11.8 Å². The summed E-state index contributed by atoms with van der Waals surface area (Å²) in [6.45, 7) is 1.58. The Kier molecular flexibility index (Phi) is 7.16. The molecule has 0 atom stereocenters. The van der Waals surface area contributed by atoms with Crippen molar-refractivity contribution >= 4 is 29.3 Å². The number of benzene rings is 1. The van der Waals surface area contributed by atoms with Crippen molar-refractivity contribution in [1.29, 1.82) is 0 Å². The number of nitrogens with zero attached hydrogens (tertiary/aromatic N) is 1. The van der Waals surface area contributed by atoms with E-state index in [-0.39, 0.29) is 5.91 Å². The summed E-state index contributed by atoms with van der Waals surface area (Å²) in [5.74, 6) is 0.897. The van der Waals surface area contributed by atoms with Crippen LogP contribution in [0.3, 0.4) is 0 Å². The van der Waals surface area contributed by atoms with Crippen LogP contribution >= 0.6 is 23.4 Å². The summed E-state index contributed by atoms with van der Waals surface area (Å²) in [5.41, 5.74) is 0. The number of rotatable bonds is 7. The van der Waals surface area contributed by atoms with Crippen LogP contribution in [0, 0.1) is 0 Å². The zero-order valence-corrected chi connectivity index (χ0v) is 12.4. The Bertz CT molecular complexity index is 368. The number of likely N-dealkylation sites (N-methyl/N-ethyl adjacent to an activating group) is 1. The third-order valence-electron chi connectivity index (χ3n) is 2.29. The van der Waals surface area contributed by atoms with Gasteiger partial charge in [-0.05, 0) is 38.4 Å². The summed E-state index contributed by atoms with van der Waals surface area (Å²) in [6, 6.07) is 7.66. The lowest BCUT2D eigenvalue weighted by atomic mass is 10.4. The molecule has 1 amide bonds. The van der Waals surface area contributed by atoms with Crippen LogP contribution in [0.25, 0.3) is 0 Å². The predicted octanol–water partition coefficient (Wildman–Crippen LogP) is 2.50. The van der Waals surface area contributed by atoms with Gasteiger partial charge in [-0.1, -0.05) is 11.6 Å². The summed E-state index contributed by atoms with van der Waals surface area (Å²) in [4.78, 5) is 14.7. The van der Waals surface area contributed by atoms with Gasteiger partial charge in [-0.25, -0.2) is 0 Å². The smallest absolute Gasteiger partial charge is 0.220 e. The molecule has 0 unspecified atom stereocenters. The third-order valence-corrected chi connectivity index (χ3v) is 3.56. The number of carbonyl (C=O) groups excluding carboxylic acids is 1. The van der Waals surface area contributed by atoms with Gasteiger partial charge >= 0.3 is 0 Å². The van der Waals surface area contributed by atoms with E-state index in [0.29, 0.717) is 13.0 Å². The van der Waals surface area contributed by atoms with Crippen molar-refractivity contribution < 1.29 is 4.79 Å². The molecule has 100 valence electrons. The van der Waals surface area contributed by atoms with Crippen molar-refractivity contribution in [2.45, 2.75) is 11.3 Å². The Morgan fingerprint density at radius 3 is 2.61 bits per heavy atom. The summed E-state index contributed by atoms with van der Waals surface area (Å²) >= 11 is 7.47. The molecular formula is C13H19ClN2OS. The lowest BCUT2D eigenvalue weighted by molar-refractivity contribution is -0.120. The first-order valence-corrected chi connectivity index (χ1v) is 7.24. The Morgan fingerprint density at radius 1 is 1.33 bits per heavy atom. The highest BCUT2D eigenvalue weighted by molar-refractivity contribution is 7.99. The molecule has 3 nitrogen and oxygen atoms in total. The van der Waals surface area contributed by atoms with Crippen LogP contribution in [0.5, 0.6) is 0 Å². The van der Waals surface area contributed by atoms with E-state index in [0.717, 1.165) is 22.2 Å². The van der Waals surface area contributed by atoms with Crippen molar-refractivity contribution in [3.63, 3.8) is 0 Å². The van der Waals surface area contributed by atoms with Gasteiger partial charge in [0.2, 0.25) is 5.91 Å². The second-order valence-corrected chi connectivity index (χ2v) is 5.81. The highest BCUT2D eigenvalue weighted by Crippen LogP contribution is 2.20. The number of carbonyl (C=O) groups is 1. The minimum atomic E-state index is 0.110. The molecule has 0 spiro atoms. The molecule has 1 N–H and O–H groups in total. The monoisotopic (exact) mass is 286 g/mol. The van der Waals surface area contributed by atoms with E-state index < -0.39 is 0 Å². The highest BCUT2D eigenvalue weighted by atomic mass is 35.5. The van der Waals surface area contributed by atoms with Gasteiger partial charge in [0.05, 0.1) is 0 Å². The fourth-order valence-corrected chi connectivity index (χ4v) is 2.28. The highest BCUT2D eigenvalue weighted by Gasteiger charge is 2.01. The van der Waals surface area contributed by atoms with Gasteiger partial charge in [0.25, 0.3) is 0 Å². The standard InChI is InChI=1S/C13H19ClN2OS/c1-16(2)9-8-15-13(17)7-10-18-12-5-3-11(14)4-6-12/h3-6H,7-10H2,1-2H3,(H,15,17). The molecule has 1 rings (SSSR count). The molecule has 0 fully saturated rings. The second-order valence-electron chi connectivity index (χ2n) is 4.21. The Hall–Kier alpha value is -0.710. The Labute approximate surface area is 118 Å². The van der Waals surface area contributed by atoms with Gasteiger partial charge < -0.3 is 10.2 Å². The average molecular weight is 287 g/mol. The molecule has 18 heavy (non-hydrogen) atoms. The zero-order chi connectivity index (χ0) is 13.4. The molecule has 0 aliphatic heterocycles. The molecule has 0 heterocycles. The minimum absolute atomic E-state index is 0.110. The van der Waals surface area contributed by atoms with Crippen LogP contribution < -0.4 is 5.32 Å². The van der Waals surface area contributed by atoms with Gasteiger partial charge in [-0.3, -0.25) is 4.79 Å². The van der Waals surface area contributed by atoms with Crippen LogP contribution in [0.2, 0.25) is 5.02 Å². The number of hydrogen-bond acceptors (Lipinski definition) is 3. The number of nitrogens with one attached hydrogen (secondary N) is 1. The largest absolute Gasteiger partial charge is 0.355 e. The summed E-state index contributed by atoms with van der Waals surface area (Å²) in [7, 11) is 3.98. The molecule has 0 radical (unpaired) electrons. The first kappa shape index (κ1) is 15.3. The van der Waals surface area contributed by atoms with Crippen molar-refractivity contribution in [1.82, 2.24) is 10.2 Å². The van der Waals surface area contributed by atoms with Crippen molar-refractivity contribution in [2.75, 3.05) is 32.9 Å². The lowest BCUT2D eigenvalue weighted by Crippen LogP contribution is -2.31. The molecule has 0 aliphatic carbocycles. The van der Waals surface area contributed by atoms with Gasteiger partial charge in [-0.2, -0.15) is 0 Å². The van der Waals surface area contributed by atoms with Gasteiger partial charge in [-0.15, -0.1) is 11.8 Å². The Morgan fingerprint density at radius 2 is 2.00 bits per heavy atom. The van der Waals surface area contributed by atoms with Crippen LogP contribution in [-0.4, -0.2) is 43.7 Å². The Balaban J connectivity index is 2.13. The molecule has 0 saturated heterocycles. The first-order chi connectivity index (χ1) is 8.58. The molecule has 0 aliphatic rings. The van der Waals surface area contributed by atoms with Crippen molar-refractivity contribution in [3.05, 3.63) is 29.3 Å². The maximum Gasteiger partial charge on any atom is 0.220 e. The number of thioether (sulfide) groups is 1. The van der Waals surface area contributed by atoms with Crippen LogP contribution in [0.4, 0.5) is 0 Å². The molecule has 0 saturated carbocycles. The van der Waals surface area contributed by atoms with Gasteiger partial charge in [0, 0.05) is 35.2 Å². The van der Waals surface area contributed by atoms with E-state index in [9.17, 15) is 4.79 Å². The fraction of sp³-hybridized carbons (Fsp3) is 0.462. The molecule has 1 aromatic carbocycles. The second kappa shape index (κ2) is 8.40. The van der Waals surface area contributed by atoms with E-state index in [2.05, 4.69) is 5.32 Å². The quantitative estimate of drug-likeness (QED) is 0.782. The molecular weight excluding hydrogens is 268 g/mol. The predicted molar refractivity (Wildman–Crippen MR) is 78.4 cm³/mol. The van der Waals surface area contributed by atoms with E-state index >= 15 is 0 Å². The first-order valence-electron chi connectivity index (χ1n) is 5.88. The van der Waals surface area contributed by atoms with Crippen molar-refractivity contribution in [3.8, 4) is 0 Å². The SMILES string of the molecule is CN(C)CCNC(=O)CCSc1ccc(Cl)cc1. The average Bonchev–Trinajstić information content (AvgIpc) is 2.31. The zero-order valence-electron chi connectivity index (χ0n) is 10.8. The summed E-state index contributed by atoms with van der Waals surface area (Å²) in [5, 5.41) is 3.63. The molecule has 0 aromatic heterocycles. The fourth-order valence-electron chi connectivity index (χ4n) is 1.30. The molecule has 1 aromatic rings. The van der Waals surface area contributed by atoms with Crippen LogP contribution in [0.1, 0.15) is 6.42 Å². The maximum atomic E-state index is 11.5. The third kappa shape index (κ3) is 6.89. The van der Waals surface area contributed by atoms with E-state index in [1.165, 1.54) is 0 Å². The van der Waals surface area contributed by atoms with E-state index in [4.69, 9.17) is 11.6 Å². The van der Waals surface area contributed by atoms with Gasteiger partial charge in [0.1, 0.15) is 0 Å². The summed E-state index contributed by atoms with van der Waals surface area (Å²) < 4.78 is 0.